The van der Waals surface area contributed by atoms with E-state index in [1.807, 2.05) is 13.8 Å². The van der Waals surface area contributed by atoms with Gasteiger partial charge in [0.2, 0.25) is 5.91 Å². The van der Waals surface area contributed by atoms with Gasteiger partial charge in [0.15, 0.2) is 0 Å². The normalized spacial score (nSPS) is 19.2. The van der Waals surface area contributed by atoms with Gasteiger partial charge in [0.1, 0.15) is 0 Å². The summed E-state index contributed by atoms with van der Waals surface area (Å²) in [5, 5.41) is 5.77. The van der Waals surface area contributed by atoms with Crippen molar-refractivity contribution in [2.75, 3.05) is 11.9 Å². The highest BCUT2D eigenvalue weighted by molar-refractivity contribution is 5.98. The zero-order valence-electron chi connectivity index (χ0n) is 14.6. The van der Waals surface area contributed by atoms with E-state index in [9.17, 15) is 9.59 Å². The maximum absolute atomic E-state index is 12.3. The summed E-state index contributed by atoms with van der Waals surface area (Å²) in [6.07, 6.45) is 2.55. The first-order chi connectivity index (χ1) is 10.9. The molecule has 0 saturated heterocycles. The largest absolute Gasteiger partial charge is 0.350 e. The molecule has 2 amide bonds. The lowest BCUT2D eigenvalue weighted by Crippen LogP contribution is -2.49. The SMILES string of the molecule is CCC(N)(CC)CNC(=O)c1cccc(NC(=O)C2CC2C)c1.Cl. The Morgan fingerprint density at radius 1 is 1.29 bits per heavy atom. The molecule has 0 heterocycles. The van der Waals surface area contributed by atoms with Crippen LogP contribution in [0.15, 0.2) is 24.3 Å². The van der Waals surface area contributed by atoms with Gasteiger partial charge in [-0.25, -0.2) is 0 Å². The standard InChI is InChI=1S/C18H27N3O2.ClH/c1-4-18(19,5-2)11-20-16(22)13-7-6-8-14(10-13)21-17(23)15-9-12(15)3;/h6-8,10,12,15H,4-5,9,11,19H2,1-3H3,(H,20,22)(H,21,23);1H. The summed E-state index contributed by atoms with van der Waals surface area (Å²) in [5.74, 6) is 0.437. The highest BCUT2D eigenvalue weighted by Gasteiger charge is 2.39. The molecule has 2 atom stereocenters. The summed E-state index contributed by atoms with van der Waals surface area (Å²) in [6, 6.07) is 7.01. The second kappa shape index (κ2) is 8.49. The Bertz CT molecular complexity index is 587. The third kappa shape index (κ3) is 5.21. The van der Waals surface area contributed by atoms with Gasteiger partial charge < -0.3 is 16.4 Å². The van der Waals surface area contributed by atoms with Crippen LogP contribution in [0.3, 0.4) is 0 Å². The van der Waals surface area contributed by atoms with E-state index in [1.54, 1.807) is 24.3 Å². The Balaban J connectivity index is 0.00000288. The van der Waals surface area contributed by atoms with Crippen LogP contribution in [-0.2, 0) is 4.79 Å². The smallest absolute Gasteiger partial charge is 0.251 e. The lowest BCUT2D eigenvalue weighted by Gasteiger charge is -2.26. The Morgan fingerprint density at radius 3 is 2.46 bits per heavy atom. The fraction of sp³-hybridized carbons (Fsp3) is 0.556. The summed E-state index contributed by atoms with van der Waals surface area (Å²) < 4.78 is 0. The molecular weight excluding hydrogens is 326 g/mol. The van der Waals surface area contributed by atoms with E-state index in [4.69, 9.17) is 5.73 Å². The number of carbonyl (C=O) groups is 2. The highest BCUT2D eigenvalue weighted by Crippen LogP contribution is 2.38. The van der Waals surface area contributed by atoms with E-state index < -0.39 is 0 Å². The molecule has 2 unspecified atom stereocenters. The minimum atomic E-state index is -0.371. The number of carbonyl (C=O) groups excluding carboxylic acids is 2. The molecular formula is C18H28ClN3O2. The molecule has 1 aliphatic carbocycles. The van der Waals surface area contributed by atoms with E-state index >= 15 is 0 Å². The molecule has 0 spiro atoms. The second-order valence-electron chi connectivity index (χ2n) is 6.64. The molecule has 1 aliphatic rings. The van der Waals surface area contributed by atoms with E-state index in [1.165, 1.54) is 0 Å². The Morgan fingerprint density at radius 2 is 1.92 bits per heavy atom. The van der Waals surface area contributed by atoms with Gasteiger partial charge in [0, 0.05) is 29.3 Å². The van der Waals surface area contributed by atoms with Crippen LogP contribution < -0.4 is 16.4 Å². The Kier molecular flexibility index (Phi) is 7.24. The molecule has 24 heavy (non-hydrogen) atoms. The lowest BCUT2D eigenvalue weighted by molar-refractivity contribution is -0.117. The van der Waals surface area contributed by atoms with Gasteiger partial charge in [-0.15, -0.1) is 12.4 Å². The first-order valence-corrected chi connectivity index (χ1v) is 8.36. The van der Waals surface area contributed by atoms with Crippen molar-refractivity contribution in [3.8, 4) is 0 Å². The fourth-order valence-electron chi connectivity index (χ4n) is 2.52. The van der Waals surface area contributed by atoms with Crippen molar-refractivity contribution in [2.24, 2.45) is 17.6 Å². The molecule has 5 nitrogen and oxygen atoms in total. The number of rotatable bonds is 7. The zero-order chi connectivity index (χ0) is 17.0. The summed E-state index contributed by atoms with van der Waals surface area (Å²) in [6.45, 7) is 6.54. The topological polar surface area (TPSA) is 84.2 Å². The molecule has 134 valence electrons. The third-order valence-corrected chi connectivity index (χ3v) is 4.85. The van der Waals surface area contributed by atoms with Crippen molar-refractivity contribution in [1.82, 2.24) is 5.32 Å². The number of anilines is 1. The predicted octanol–water partition coefficient (Wildman–Crippen LogP) is 2.95. The third-order valence-electron chi connectivity index (χ3n) is 4.85. The predicted molar refractivity (Wildman–Crippen MR) is 99.4 cm³/mol. The van der Waals surface area contributed by atoms with Gasteiger partial charge in [-0.2, -0.15) is 0 Å². The van der Waals surface area contributed by atoms with Crippen molar-refractivity contribution < 1.29 is 9.59 Å². The minimum absolute atomic E-state index is 0. The number of hydrogen-bond acceptors (Lipinski definition) is 3. The van der Waals surface area contributed by atoms with Gasteiger partial charge in [-0.3, -0.25) is 9.59 Å². The van der Waals surface area contributed by atoms with Gasteiger partial charge in [0.05, 0.1) is 0 Å². The molecule has 1 aromatic rings. The first kappa shape index (κ1) is 20.5. The van der Waals surface area contributed by atoms with Gasteiger partial charge in [-0.1, -0.05) is 26.8 Å². The Labute approximate surface area is 150 Å². The molecule has 0 aromatic heterocycles. The molecule has 1 aromatic carbocycles. The maximum Gasteiger partial charge on any atom is 0.251 e. The quantitative estimate of drug-likeness (QED) is 0.704. The lowest BCUT2D eigenvalue weighted by atomic mass is 9.94. The summed E-state index contributed by atoms with van der Waals surface area (Å²) in [5.41, 5.74) is 7.02. The van der Waals surface area contributed by atoms with Crippen LogP contribution in [0.25, 0.3) is 0 Å². The molecule has 1 saturated carbocycles. The van der Waals surface area contributed by atoms with Gasteiger partial charge >= 0.3 is 0 Å². The molecule has 0 bridgehead atoms. The molecule has 4 N–H and O–H groups in total. The van der Waals surface area contributed by atoms with Crippen LogP contribution >= 0.6 is 12.4 Å². The van der Waals surface area contributed by atoms with E-state index in [0.717, 1.165) is 19.3 Å². The van der Waals surface area contributed by atoms with Crippen LogP contribution in [0.5, 0.6) is 0 Å². The van der Waals surface area contributed by atoms with Gasteiger partial charge in [-0.05, 0) is 43.4 Å². The molecule has 2 rings (SSSR count). The van der Waals surface area contributed by atoms with Crippen LogP contribution in [0.2, 0.25) is 0 Å². The van der Waals surface area contributed by atoms with Gasteiger partial charge in [0.25, 0.3) is 5.91 Å². The van der Waals surface area contributed by atoms with Crippen molar-refractivity contribution in [3.63, 3.8) is 0 Å². The van der Waals surface area contributed by atoms with E-state index in [-0.39, 0.29) is 35.7 Å². The van der Waals surface area contributed by atoms with Crippen molar-refractivity contribution in [3.05, 3.63) is 29.8 Å². The maximum atomic E-state index is 12.3. The van der Waals surface area contributed by atoms with Crippen molar-refractivity contribution >= 4 is 29.9 Å². The molecule has 0 aliphatic heterocycles. The van der Waals surface area contributed by atoms with Crippen molar-refractivity contribution in [1.29, 1.82) is 0 Å². The van der Waals surface area contributed by atoms with E-state index in [2.05, 4.69) is 17.6 Å². The number of benzene rings is 1. The molecule has 1 fully saturated rings. The highest BCUT2D eigenvalue weighted by atomic mass is 35.5. The minimum Gasteiger partial charge on any atom is -0.350 e. The Hall–Kier alpha value is -1.59. The number of hydrogen-bond donors (Lipinski definition) is 3. The monoisotopic (exact) mass is 353 g/mol. The number of amides is 2. The summed E-state index contributed by atoms with van der Waals surface area (Å²) in [7, 11) is 0. The van der Waals surface area contributed by atoms with Crippen LogP contribution in [0, 0.1) is 11.8 Å². The zero-order valence-corrected chi connectivity index (χ0v) is 15.4. The van der Waals surface area contributed by atoms with E-state index in [0.29, 0.717) is 23.7 Å². The van der Waals surface area contributed by atoms with Crippen molar-refractivity contribution in [2.45, 2.75) is 45.6 Å². The van der Waals surface area contributed by atoms with Crippen LogP contribution in [0.4, 0.5) is 5.69 Å². The van der Waals surface area contributed by atoms with Crippen LogP contribution in [0.1, 0.15) is 50.4 Å². The average Bonchev–Trinajstić information content (AvgIpc) is 3.29. The first-order valence-electron chi connectivity index (χ1n) is 8.36. The number of halogens is 1. The molecule has 6 heteroatoms. The summed E-state index contributed by atoms with van der Waals surface area (Å²) in [4.78, 5) is 24.3. The number of nitrogens with two attached hydrogens (primary N) is 1. The molecule has 0 radical (unpaired) electrons. The second-order valence-corrected chi connectivity index (χ2v) is 6.64. The number of nitrogens with one attached hydrogen (secondary N) is 2. The fourth-order valence-corrected chi connectivity index (χ4v) is 2.52. The van der Waals surface area contributed by atoms with Crippen LogP contribution in [-0.4, -0.2) is 23.9 Å². The summed E-state index contributed by atoms with van der Waals surface area (Å²) >= 11 is 0. The average molecular weight is 354 g/mol.